The molecule has 0 fully saturated rings. The first kappa shape index (κ1) is 65.6. The van der Waals surface area contributed by atoms with E-state index in [4.69, 9.17) is 14.7 Å². The second kappa shape index (κ2) is 27.4. The number of pyridine rings is 2. The number of fused-ring (bicyclic) bond motifs is 8. The molecule has 18 rings (SSSR count). The molecule has 0 saturated heterocycles. The maximum absolute atomic E-state index is 11.5. The summed E-state index contributed by atoms with van der Waals surface area (Å²) < 4.78 is 10.8. The summed E-state index contributed by atoms with van der Waals surface area (Å²) in [5, 5.41) is 16.1. The van der Waals surface area contributed by atoms with Crippen molar-refractivity contribution in [3.8, 4) is 84.5 Å². The van der Waals surface area contributed by atoms with Gasteiger partial charge in [-0.3, -0.25) is 0 Å². The molecule has 496 valence electrons. The molecule has 2 aliphatic rings. The molecular formula is C89H65N8O2Pt2-3. The van der Waals surface area contributed by atoms with E-state index in [1.807, 2.05) is 86.6 Å². The van der Waals surface area contributed by atoms with Crippen LogP contribution in [-0.2, 0) is 42.1 Å². The van der Waals surface area contributed by atoms with Gasteiger partial charge in [-0.2, -0.15) is 30.9 Å². The van der Waals surface area contributed by atoms with Gasteiger partial charge >= 0.3 is 21.1 Å². The van der Waals surface area contributed by atoms with Crippen molar-refractivity contribution in [2.24, 2.45) is 0 Å². The molecule has 2 aliphatic heterocycles. The number of aromatic hydroxyl groups is 1. The second-order valence-electron chi connectivity index (χ2n) is 25.5. The van der Waals surface area contributed by atoms with Gasteiger partial charge in [0.05, 0.1) is 5.69 Å². The molecule has 0 spiro atoms. The molecule has 0 saturated carbocycles. The number of aryl methyl sites for hydroxylation is 3. The first-order valence-electron chi connectivity index (χ1n) is 33.2. The van der Waals surface area contributed by atoms with Gasteiger partial charge in [-0.25, -0.2) is 9.97 Å². The summed E-state index contributed by atoms with van der Waals surface area (Å²) in [6.45, 7) is 10.5. The Balaban J connectivity index is 0.000000166. The van der Waals surface area contributed by atoms with E-state index in [1.54, 1.807) is 6.07 Å². The summed E-state index contributed by atoms with van der Waals surface area (Å²) in [4.78, 5) is 18.6. The fourth-order valence-corrected chi connectivity index (χ4v) is 13.8. The van der Waals surface area contributed by atoms with E-state index in [2.05, 4.69) is 288 Å². The minimum Gasteiger partial charge on any atom is -0.504 e. The zero-order valence-electron chi connectivity index (χ0n) is 55.9. The zero-order valence-corrected chi connectivity index (χ0v) is 60.4. The molecule has 0 radical (unpaired) electrons. The zero-order chi connectivity index (χ0) is 66.8. The summed E-state index contributed by atoms with van der Waals surface area (Å²) in [5.41, 5.74) is 24.2. The van der Waals surface area contributed by atoms with Crippen LogP contribution in [0.25, 0.3) is 111 Å². The van der Waals surface area contributed by atoms with Gasteiger partial charge in [-0.05, 0) is 157 Å². The van der Waals surface area contributed by atoms with Crippen molar-refractivity contribution in [1.29, 1.82) is 0 Å². The van der Waals surface area contributed by atoms with Crippen LogP contribution in [0.1, 0.15) is 16.7 Å². The van der Waals surface area contributed by atoms with Gasteiger partial charge in [0.1, 0.15) is 11.6 Å². The van der Waals surface area contributed by atoms with Crippen LogP contribution in [0.4, 0.5) is 34.3 Å². The Morgan fingerprint density at radius 3 is 1.62 bits per heavy atom. The van der Waals surface area contributed by atoms with Gasteiger partial charge in [0.15, 0.2) is 11.5 Å². The summed E-state index contributed by atoms with van der Waals surface area (Å²) in [7, 11) is 4.12. The summed E-state index contributed by atoms with van der Waals surface area (Å²) >= 11 is 0. The predicted octanol–water partition coefficient (Wildman–Crippen LogP) is 21.9. The SMILES string of the molecule is Cc1ccc(-c2cc[c-]c(Oc3cccc(-c4cc(-c5ccccc5)cc(N5[CH-]N(C)c6ccccc65)n4)c3O)c2)cc1.Cc1ccc(-c2ccnc(-n3c4[c-]c5c(cc4c4ccccc43)c3ccc(-c4ccc(C)cc4)cc3n5-c3[c-]c(N4[CH-]N(C)c5ccccc54)ccc3)c2)cc1.[Pt+2].[Pt]. The van der Waals surface area contributed by atoms with Crippen LogP contribution in [0.15, 0.2) is 285 Å². The van der Waals surface area contributed by atoms with Crippen LogP contribution in [0.2, 0.25) is 0 Å². The van der Waals surface area contributed by atoms with E-state index in [-0.39, 0.29) is 47.9 Å². The molecule has 0 unspecified atom stereocenters. The normalized spacial score (nSPS) is 12.3. The summed E-state index contributed by atoms with van der Waals surface area (Å²) in [6, 6.07) is 108. The monoisotopic (exact) mass is 1670 g/mol. The quantitative estimate of drug-likeness (QED) is 0.128. The fraction of sp³-hybridized carbons (Fsp3) is 0.0562. The van der Waals surface area contributed by atoms with E-state index in [0.29, 0.717) is 22.8 Å². The van der Waals surface area contributed by atoms with Crippen LogP contribution in [-0.4, -0.2) is 38.3 Å². The first-order valence-corrected chi connectivity index (χ1v) is 33.2. The van der Waals surface area contributed by atoms with Crippen molar-refractivity contribution >= 4 is 77.9 Å². The van der Waals surface area contributed by atoms with Gasteiger partial charge in [0, 0.05) is 72.4 Å². The number of para-hydroxylation sites is 6. The van der Waals surface area contributed by atoms with Gasteiger partial charge in [-0.1, -0.05) is 197 Å². The fourth-order valence-electron chi connectivity index (χ4n) is 13.8. The van der Waals surface area contributed by atoms with Gasteiger partial charge in [-0.15, -0.1) is 65.1 Å². The third-order valence-electron chi connectivity index (χ3n) is 18.9. The van der Waals surface area contributed by atoms with Crippen LogP contribution in [0, 0.1) is 52.3 Å². The smallest absolute Gasteiger partial charge is 0.504 e. The number of benzene rings is 12. The number of ether oxygens (including phenoxy) is 1. The Morgan fingerprint density at radius 1 is 0.406 bits per heavy atom. The minimum atomic E-state index is 0. The maximum atomic E-state index is 11.5. The molecule has 101 heavy (non-hydrogen) atoms. The third kappa shape index (κ3) is 12.3. The van der Waals surface area contributed by atoms with Crippen LogP contribution in [0.3, 0.4) is 0 Å². The molecule has 12 aromatic carbocycles. The average molecular weight is 1670 g/mol. The number of phenolic OH excluding ortho intramolecular Hbond substituents is 1. The molecule has 12 heteroatoms. The van der Waals surface area contributed by atoms with E-state index in [1.165, 1.54) is 33.0 Å². The van der Waals surface area contributed by atoms with E-state index < -0.39 is 0 Å². The third-order valence-corrected chi connectivity index (χ3v) is 18.9. The second-order valence-corrected chi connectivity index (χ2v) is 25.5. The van der Waals surface area contributed by atoms with Crippen LogP contribution < -0.4 is 24.3 Å². The number of hydrogen-bond acceptors (Lipinski definition) is 8. The topological polar surface area (TPSA) is 78.1 Å². The maximum Gasteiger partial charge on any atom is 2.00 e. The molecule has 0 aliphatic carbocycles. The first-order chi connectivity index (χ1) is 48.5. The van der Waals surface area contributed by atoms with Crippen molar-refractivity contribution in [2.45, 2.75) is 20.8 Å². The van der Waals surface area contributed by atoms with Gasteiger partial charge < -0.3 is 38.6 Å². The van der Waals surface area contributed by atoms with Crippen molar-refractivity contribution in [2.75, 3.05) is 33.7 Å². The number of nitrogens with zero attached hydrogens (tertiary/aromatic N) is 8. The Labute approximate surface area is 616 Å². The largest absolute Gasteiger partial charge is 2.00 e. The number of hydrogen-bond donors (Lipinski definition) is 1. The van der Waals surface area contributed by atoms with E-state index in [9.17, 15) is 5.11 Å². The summed E-state index contributed by atoms with van der Waals surface area (Å²) in [6.07, 6.45) is 1.92. The van der Waals surface area contributed by atoms with Crippen molar-refractivity contribution in [3.05, 3.63) is 333 Å². The molecule has 16 aromatic rings. The number of rotatable bonds is 11. The van der Waals surface area contributed by atoms with Crippen LogP contribution >= 0.6 is 0 Å². The minimum absolute atomic E-state index is 0. The molecule has 10 nitrogen and oxygen atoms in total. The van der Waals surface area contributed by atoms with E-state index >= 15 is 0 Å². The van der Waals surface area contributed by atoms with Crippen molar-refractivity contribution in [3.63, 3.8) is 0 Å². The van der Waals surface area contributed by atoms with Crippen LogP contribution in [0.5, 0.6) is 17.2 Å². The van der Waals surface area contributed by atoms with Crippen molar-refractivity contribution < 1.29 is 52.0 Å². The van der Waals surface area contributed by atoms with E-state index in [0.717, 1.165) is 118 Å². The Hall–Kier alpha value is -11.3. The number of anilines is 6. The molecule has 6 heterocycles. The predicted molar refractivity (Wildman–Crippen MR) is 406 cm³/mol. The Kier molecular flexibility index (Phi) is 17.8. The molecule has 0 amide bonds. The molecular weight excluding hydrogens is 1600 g/mol. The van der Waals surface area contributed by atoms with Gasteiger partial charge in [0.25, 0.3) is 0 Å². The Bertz CT molecular complexity index is 5780. The van der Waals surface area contributed by atoms with Crippen molar-refractivity contribution in [1.82, 2.24) is 19.1 Å². The Morgan fingerprint density at radius 2 is 0.941 bits per heavy atom. The number of aromatic nitrogens is 4. The average Bonchev–Trinajstić information content (AvgIpc) is 1.56. The molecule has 0 bridgehead atoms. The molecule has 1 N–H and O–H groups in total. The van der Waals surface area contributed by atoms with Gasteiger partial charge in [0.2, 0.25) is 0 Å². The molecule has 4 aromatic heterocycles. The standard InChI is InChI=1S/C51H36N5.C38H29N3O2.2Pt/c1-33-15-19-35(20-16-33)37-23-24-42-44-30-43-41-11-4-5-12-45(41)56(51-28-38(25-26-52-51)36-21-17-34(2)18-22-36)50(43)31-49(44)55(48(42)27-37)40-10-8-9-39(29-40)54-32-53(3)46-13-6-7-14-47(46)54;1-26-18-20-28(21-19-26)29-12-8-13-31(22-29)43-36-17-9-14-32(38(36)42)33-23-30(27-10-4-3-5-11-27)24-37(39-33)41-25-40(2)34-15-6-7-16-35(34)41;;/h4-28,30,32H,1-3H3;3-12,14-25,42H,1-2H3;;/q-3;-2;;+2. The number of phenols is 1. The summed E-state index contributed by atoms with van der Waals surface area (Å²) in [5.74, 6) is 2.47. The molecule has 0 atom stereocenters.